The normalized spacial score (nSPS) is 10.7. The Balaban J connectivity index is 2.01. The molecule has 0 bridgehead atoms. The molecule has 1 heterocycles. The first kappa shape index (κ1) is 22.7. The maximum Gasteiger partial charge on any atom is 0.339 e. The monoisotopic (exact) mass is 745 g/mol. The lowest BCUT2D eigenvalue weighted by molar-refractivity contribution is 0.0699. The first-order chi connectivity index (χ1) is 13.7. The molecule has 0 aliphatic carbocycles. The first-order valence-corrected chi connectivity index (χ1v) is 12.3. The summed E-state index contributed by atoms with van der Waals surface area (Å²) in [5, 5.41) is 14.7. The van der Waals surface area contributed by atoms with Crippen molar-refractivity contribution in [3.05, 3.63) is 63.1 Å². The van der Waals surface area contributed by atoms with Crippen molar-refractivity contribution in [3.8, 4) is 16.9 Å². The second-order valence-electron chi connectivity index (χ2n) is 6.05. The van der Waals surface area contributed by atoms with Crippen molar-refractivity contribution in [1.82, 2.24) is 0 Å². The molecule has 5 nitrogen and oxygen atoms in total. The van der Waals surface area contributed by atoms with Gasteiger partial charge in [-0.1, -0.05) is 29.8 Å². The van der Waals surface area contributed by atoms with Crippen LogP contribution in [0, 0.1) is 17.6 Å². The van der Waals surface area contributed by atoms with E-state index in [1.807, 2.05) is 31.2 Å². The number of benzene rings is 2. The number of carboxylic acid groups (broad SMARTS) is 1. The van der Waals surface area contributed by atoms with Crippen molar-refractivity contribution < 1.29 is 19.4 Å². The highest BCUT2D eigenvalue weighted by atomic mass is 127. The highest BCUT2D eigenvalue weighted by Crippen LogP contribution is 2.37. The molecule has 0 saturated carbocycles. The van der Waals surface area contributed by atoms with Crippen molar-refractivity contribution in [2.75, 3.05) is 12.4 Å². The summed E-state index contributed by atoms with van der Waals surface area (Å²) < 4.78 is 7.80. The molecule has 0 radical (unpaired) electrons. The quantitative estimate of drug-likeness (QED) is 0.231. The van der Waals surface area contributed by atoms with Crippen LogP contribution in [0.5, 0.6) is 5.75 Å². The van der Waals surface area contributed by atoms with Gasteiger partial charge in [-0.05, 0) is 86.3 Å². The molecule has 0 atom stereocenters. The minimum absolute atomic E-state index is 0.0989. The summed E-state index contributed by atoms with van der Waals surface area (Å²) in [4.78, 5) is 24.9. The van der Waals surface area contributed by atoms with Gasteiger partial charge >= 0.3 is 5.97 Å². The molecule has 9 heteroatoms. The number of thiophene rings is 1. The van der Waals surface area contributed by atoms with E-state index in [0.717, 1.165) is 27.6 Å². The van der Waals surface area contributed by atoms with E-state index in [2.05, 4.69) is 73.1 Å². The van der Waals surface area contributed by atoms with Crippen LogP contribution in [0.2, 0.25) is 0 Å². The zero-order chi connectivity index (χ0) is 21.3. The van der Waals surface area contributed by atoms with Gasteiger partial charge in [0.15, 0.2) is 0 Å². The number of anilines is 1. The maximum absolute atomic E-state index is 13.0. The van der Waals surface area contributed by atoms with E-state index >= 15 is 0 Å². The summed E-state index contributed by atoms with van der Waals surface area (Å²) in [6, 6.07) is 9.37. The molecule has 0 saturated heterocycles. The molecule has 0 fully saturated rings. The van der Waals surface area contributed by atoms with Crippen LogP contribution in [0.15, 0.2) is 35.7 Å². The minimum Gasteiger partial charge on any atom is -0.494 e. The number of nitrogens with one attached hydrogen (secondary N) is 1. The molecule has 0 spiro atoms. The molecule has 150 valence electrons. The molecular weight excluding hydrogens is 731 g/mol. The van der Waals surface area contributed by atoms with Crippen molar-refractivity contribution in [3.63, 3.8) is 0 Å². The fourth-order valence-electron chi connectivity index (χ4n) is 2.79. The summed E-state index contributed by atoms with van der Waals surface area (Å²) >= 11 is 7.57. The summed E-state index contributed by atoms with van der Waals surface area (Å²) in [6.07, 6.45) is 0. The number of methoxy groups -OCH3 is 1. The standard InChI is InChI=1S/C20H14I3NO4S/c1-9-4-3-5-10(6-9)12-8-29-19(14(12)20(26)27)24-18(25)11-7-13(21)17(28-2)16(23)15(11)22/h3-8H,1-2H3,(H,24,25)(H,26,27). The van der Waals surface area contributed by atoms with Crippen molar-refractivity contribution >= 4 is 96.0 Å². The summed E-state index contributed by atoms with van der Waals surface area (Å²) in [6.45, 7) is 1.95. The lowest BCUT2D eigenvalue weighted by Crippen LogP contribution is -2.16. The van der Waals surface area contributed by atoms with E-state index in [9.17, 15) is 14.7 Å². The average molecular weight is 745 g/mol. The number of carbonyl (C=O) groups excluding carboxylic acids is 1. The van der Waals surface area contributed by atoms with Crippen LogP contribution in [0.1, 0.15) is 26.3 Å². The lowest BCUT2D eigenvalue weighted by atomic mass is 10.0. The van der Waals surface area contributed by atoms with Crippen molar-refractivity contribution in [1.29, 1.82) is 0 Å². The van der Waals surface area contributed by atoms with E-state index in [1.165, 1.54) is 11.3 Å². The number of aromatic carboxylic acids is 1. The minimum atomic E-state index is -1.08. The number of rotatable bonds is 5. The number of hydrogen-bond donors (Lipinski definition) is 2. The molecule has 3 rings (SSSR count). The predicted molar refractivity (Wildman–Crippen MR) is 141 cm³/mol. The number of halogens is 3. The van der Waals surface area contributed by atoms with Gasteiger partial charge in [0.2, 0.25) is 0 Å². The molecule has 0 unspecified atom stereocenters. The van der Waals surface area contributed by atoms with Gasteiger partial charge in [-0.2, -0.15) is 0 Å². The SMILES string of the molecule is COc1c(I)cc(C(=O)Nc2scc(-c3cccc(C)c3)c2C(=O)O)c(I)c1I. The van der Waals surface area contributed by atoms with Gasteiger partial charge in [0.1, 0.15) is 16.3 Å². The van der Waals surface area contributed by atoms with Crippen LogP contribution in [-0.2, 0) is 0 Å². The molecule has 1 amide bonds. The Morgan fingerprint density at radius 3 is 2.48 bits per heavy atom. The third kappa shape index (κ3) is 4.71. The van der Waals surface area contributed by atoms with Gasteiger partial charge in [-0.3, -0.25) is 4.79 Å². The number of aryl methyl sites for hydroxylation is 1. The van der Waals surface area contributed by atoms with E-state index in [1.54, 1.807) is 18.6 Å². The van der Waals surface area contributed by atoms with Gasteiger partial charge < -0.3 is 15.2 Å². The zero-order valence-electron chi connectivity index (χ0n) is 15.2. The first-order valence-electron chi connectivity index (χ1n) is 8.19. The van der Waals surface area contributed by atoms with Crippen molar-refractivity contribution in [2.24, 2.45) is 0 Å². The van der Waals surface area contributed by atoms with Crippen LogP contribution < -0.4 is 10.1 Å². The van der Waals surface area contributed by atoms with Gasteiger partial charge in [0.05, 0.1) is 19.8 Å². The topological polar surface area (TPSA) is 75.6 Å². The van der Waals surface area contributed by atoms with E-state index in [-0.39, 0.29) is 11.5 Å². The van der Waals surface area contributed by atoms with Crippen LogP contribution in [-0.4, -0.2) is 24.1 Å². The highest BCUT2D eigenvalue weighted by molar-refractivity contribution is 14.1. The second kappa shape index (κ2) is 9.47. The van der Waals surface area contributed by atoms with Crippen LogP contribution >= 0.6 is 79.1 Å². The van der Waals surface area contributed by atoms with E-state index < -0.39 is 5.97 Å². The predicted octanol–water partition coefficient (Wildman–Crippen LogP) is 6.50. The van der Waals surface area contributed by atoms with Gasteiger partial charge in [0, 0.05) is 14.5 Å². The molecule has 2 N–H and O–H groups in total. The highest BCUT2D eigenvalue weighted by Gasteiger charge is 2.24. The number of hydrogen-bond acceptors (Lipinski definition) is 4. The number of ether oxygens (including phenoxy) is 1. The van der Waals surface area contributed by atoms with E-state index in [4.69, 9.17) is 4.74 Å². The van der Waals surface area contributed by atoms with Crippen LogP contribution in [0.4, 0.5) is 5.00 Å². The smallest absolute Gasteiger partial charge is 0.339 e. The van der Waals surface area contributed by atoms with Gasteiger partial charge in [-0.25, -0.2) is 4.79 Å². The molecular formula is C20H14I3NO4S. The molecule has 3 aromatic rings. The van der Waals surface area contributed by atoms with Crippen LogP contribution in [0.3, 0.4) is 0 Å². The summed E-state index contributed by atoms with van der Waals surface area (Å²) in [5.41, 5.74) is 3.01. The molecule has 0 aliphatic rings. The Labute approximate surface area is 212 Å². The Kier molecular flexibility index (Phi) is 7.43. The van der Waals surface area contributed by atoms with Gasteiger partial charge in [-0.15, -0.1) is 11.3 Å². The number of carboxylic acids is 1. The third-order valence-corrected chi connectivity index (χ3v) is 9.00. The van der Waals surface area contributed by atoms with Crippen molar-refractivity contribution in [2.45, 2.75) is 6.92 Å². The second-order valence-corrected chi connectivity index (χ2v) is 10.2. The molecule has 0 aliphatic heterocycles. The Morgan fingerprint density at radius 2 is 1.86 bits per heavy atom. The third-order valence-electron chi connectivity index (χ3n) is 4.13. The average Bonchev–Trinajstić information content (AvgIpc) is 3.09. The Bertz CT molecular complexity index is 1130. The fraction of sp³-hybridized carbons (Fsp3) is 0.100. The number of amides is 1. The van der Waals surface area contributed by atoms with Crippen LogP contribution in [0.25, 0.3) is 11.1 Å². The summed E-state index contributed by atoms with van der Waals surface area (Å²) in [7, 11) is 1.59. The summed E-state index contributed by atoms with van der Waals surface area (Å²) in [5.74, 6) is -0.712. The molecule has 1 aromatic heterocycles. The molecule has 2 aromatic carbocycles. The lowest BCUT2D eigenvalue weighted by Gasteiger charge is -2.13. The Morgan fingerprint density at radius 1 is 1.14 bits per heavy atom. The maximum atomic E-state index is 13.0. The molecule has 29 heavy (non-hydrogen) atoms. The zero-order valence-corrected chi connectivity index (χ0v) is 22.5. The number of carbonyl (C=O) groups is 2. The Hall–Kier alpha value is -0.930. The van der Waals surface area contributed by atoms with Gasteiger partial charge in [0.25, 0.3) is 5.91 Å². The van der Waals surface area contributed by atoms with E-state index in [0.29, 0.717) is 16.1 Å². The largest absolute Gasteiger partial charge is 0.494 e. The fourth-order valence-corrected chi connectivity index (χ4v) is 6.51.